The molecule has 2 N–H and O–H groups in total. The van der Waals surface area contributed by atoms with E-state index in [0.29, 0.717) is 5.41 Å². The van der Waals surface area contributed by atoms with E-state index in [-0.39, 0.29) is 0 Å². The number of pyridine rings is 1. The average Bonchev–Trinajstić information content (AvgIpc) is 3.21. The molecule has 0 bridgehead atoms. The summed E-state index contributed by atoms with van der Waals surface area (Å²) in [6.07, 6.45) is 4.52. The van der Waals surface area contributed by atoms with Crippen molar-refractivity contribution in [3.05, 3.63) is 24.4 Å². The molecule has 2 fully saturated rings. The quantitative estimate of drug-likeness (QED) is 0.859. The summed E-state index contributed by atoms with van der Waals surface area (Å²) in [7, 11) is 0. The summed E-state index contributed by atoms with van der Waals surface area (Å²) < 4.78 is 0. The van der Waals surface area contributed by atoms with Gasteiger partial charge < -0.3 is 10.6 Å². The first kappa shape index (κ1) is 11.9. The van der Waals surface area contributed by atoms with Gasteiger partial charge in [0.15, 0.2) is 0 Å². The van der Waals surface area contributed by atoms with Crippen LogP contribution in [0.5, 0.6) is 0 Å². The van der Waals surface area contributed by atoms with E-state index in [1.54, 1.807) is 0 Å². The summed E-state index contributed by atoms with van der Waals surface area (Å²) >= 11 is 0. The molecule has 3 rings (SSSR count). The number of anilines is 1. The molecule has 4 nitrogen and oxygen atoms in total. The molecule has 2 heterocycles. The molecule has 1 aromatic rings. The lowest BCUT2D eigenvalue weighted by Gasteiger charge is -2.37. The van der Waals surface area contributed by atoms with Gasteiger partial charge in [0.25, 0.3) is 0 Å². The first-order valence-electron chi connectivity index (χ1n) is 6.90. The fourth-order valence-electron chi connectivity index (χ4n) is 2.75. The Morgan fingerprint density at radius 3 is 2.50 bits per heavy atom. The Kier molecular flexibility index (Phi) is 3.22. The van der Waals surface area contributed by atoms with E-state index in [1.807, 2.05) is 12.3 Å². The van der Waals surface area contributed by atoms with E-state index >= 15 is 0 Å². The number of hydrogen-bond donors (Lipinski definition) is 1. The molecule has 2 aliphatic rings. The monoisotopic (exact) mass is 246 g/mol. The Balaban J connectivity index is 1.52. The van der Waals surface area contributed by atoms with E-state index in [1.165, 1.54) is 19.4 Å². The maximum atomic E-state index is 5.86. The third-order valence-electron chi connectivity index (χ3n) is 4.29. The van der Waals surface area contributed by atoms with Crippen molar-refractivity contribution in [3.63, 3.8) is 0 Å². The van der Waals surface area contributed by atoms with Gasteiger partial charge in [0.05, 0.1) is 0 Å². The van der Waals surface area contributed by atoms with Gasteiger partial charge in [0.1, 0.15) is 5.82 Å². The van der Waals surface area contributed by atoms with Gasteiger partial charge in [-0.25, -0.2) is 4.98 Å². The molecule has 4 heteroatoms. The smallest absolute Gasteiger partial charge is 0.128 e. The van der Waals surface area contributed by atoms with Crippen molar-refractivity contribution >= 4 is 5.82 Å². The van der Waals surface area contributed by atoms with Crippen LogP contribution in [0.2, 0.25) is 0 Å². The van der Waals surface area contributed by atoms with Crippen LogP contribution < -0.4 is 10.6 Å². The van der Waals surface area contributed by atoms with Crippen molar-refractivity contribution in [3.8, 4) is 0 Å². The minimum atomic E-state index is 0.465. The van der Waals surface area contributed by atoms with E-state index in [4.69, 9.17) is 5.73 Å². The second-order valence-electron chi connectivity index (χ2n) is 5.66. The van der Waals surface area contributed by atoms with E-state index < -0.39 is 0 Å². The Morgan fingerprint density at radius 2 is 1.94 bits per heavy atom. The predicted octanol–water partition coefficient (Wildman–Crippen LogP) is 0.942. The Hall–Kier alpha value is -1.13. The van der Waals surface area contributed by atoms with Crippen LogP contribution in [0.15, 0.2) is 24.4 Å². The van der Waals surface area contributed by atoms with Crippen LogP contribution >= 0.6 is 0 Å². The van der Waals surface area contributed by atoms with Crippen LogP contribution in [0, 0.1) is 5.41 Å². The van der Waals surface area contributed by atoms with Crippen molar-refractivity contribution < 1.29 is 0 Å². The van der Waals surface area contributed by atoms with Crippen LogP contribution in [0.1, 0.15) is 12.8 Å². The van der Waals surface area contributed by atoms with Crippen molar-refractivity contribution in [1.29, 1.82) is 0 Å². The highest BCUT2D eigenvalue weighted by Crippen LogP contribution is 2.45. The maximum absolute atomic E-state index is 5.86. The zero-order chi connectivity index (χ0) is 12.4. The summed E-state index contributed by atoms with van der Waals surface area (Å²) in [4.78, 5) is 9.36. The molecule has 0 atom stereocenters. The van der Waals surface area contributed by atoms with Crippen LogP contribution in [-0.4, -0.2) is 49.2 Å². The number of piperazine rings is 1. The van der Waals surface area contributed by atoms with Crippen LogP contribution in [0.25, 0.3) is 0 Å². The third kappa shape index (κ3) is 2.49. The van der Waals surface area contributed by atoms with Crippen molar-refractivity contribution in [2.45, 2.75) is 12.8 Å². The molecular weight excluding hydrogens is 224 g/mol. The summed E-state index contributed by atoms with van der Waals surface area (Å²) in [5.74, 6) is 1.11. The lowest BCUT2D eigenvalue weighted by molar-refractivity contribution is 0.210. The summed E-state index contributed by atoms with van der Waals surface area (Å²) in [6, 6.07) is 6.12. The topological polar surface area (TPSA) is 45.4 Å². The average molecular weight is 246 g/mol. The van der Waals surface area contributed by atoms with Crippen LogP contribution in [-0.2, 0) is 0 Å². The zero-order valence-electron chi connectivity index (χ0n) is 10.9. The molecule has 0 radical (unpaired) electrons. The summed E-state index contributed by atoms with van der Waals surface area (Å²) in [6.45, 7) is 6.49. The second kappa shape index (κ2) is 4.86. The molecule has 1 aliphatic heterocycles. The first-order valence-corrected chi connectivity index (χ1v) is 6.90. The van der Waals surface area contributed by atoms with Gasteiger partial charge >= 0.3 is 0 Å². The molecule has 1 saturated carbocycles. The molecule has 1 aromatic heterocycles. The second-order valence-corrected chi connectivity index (χ2v) is 5.66. The van der Waals surface area contributed by atoms with Gasteiger partial charge in [-0.1, -0.05) is 6.07 Å². The number of hydrogen-bond acceptors (Lipinski definition) is 4. The molecular formula is C14H22N4. The van der Waals surface area contributed by atoms with Gasteiger partial charge in [-0.15, -0.1) is 0 Å². The van der Waals surface area contributed by atoms with Gasteiger partial charge in [0, 0.05) is 38.9 Å². The SMILES string of the molecule is NCC1(CN2CCN(c3ccccn3)CC2)CC1. The van der Waals surface area contributed by atoms with Crippen LogP contribution in [0.3, 0.4) is 0 Å². The van der Waals surface area contributed by atoms with Gasteiger partial charge in [-0.2, -0.15) is 0 Å². The van der Waals surface area contributed by atoms with E-state index in [2.05, 4.69) is 26.9 Å². The van der Waals surface area contributed by atoms with Crippen LogP contribution in [0.4, 0.5) is 5.82 Å². The number of aromatic nitrogens is 1. The van der Waals surface area contributed by atoms with Gasteiger partial charge in [-0.3, -0.25) is 4.90 Å². The Bertz CT molecular complexity index is 380. The number of rotatable bonds is 4. The molecule has 0 aromatic carbocycles. The normalized spacial score (nSPS) is 23.1. The fourth-order valence-corrected chi connectivity index (χ4v) is 2.75. The highest BCUT2D eigenvalue weighted by atomic mass is 15.3. The van der Waals surface area contributed by atoms with Gasteiger partial charge in [0.2, 0.25) is 0 Å². The molecule has 1 aliphatic carbocycles. The fraction of sp³-hybridized carbons (Fsp3) is 0.643. The van der Waals surface area contributed by atoms with E-state index in [0.717, 1.165) is 38.5 Å². The third-order valence-corrected chi connectivity index (χ3v) is 4.29. The molecule has 0 amide bonds. The van der Waals surface area contributed by atoms with Crippen molar-refractivity contribution in [2.75, 3.05) is 44.2 Å². The lowest BCUT2D eigenvalue weighted by atomic mass is 10.1. The highest BCUT2D eigenvalue weighted by Gasteiger charge is 2.42. The Labute approximate surface area is 109 Å². The standard InChI is InChI=1S/C14H22N4/c15-11-14(4-5-14)12-17-7-9-18(10-8-17)13-3-1-2-6-16-13/h1-3,6H,4-5,7-12,15H2. The summed E-state index contributed by atoms with van der Waals surface area (Å²) in [5, 5.41) is 0. The molecule has 0 spiro atoms. The maximum Gasteiger partial charge on any atom is 0.128 e. The summed E-state index contributed by atoms with van der Waals surface area (Å²) in [5.41, 5.74) is 6.32. The van der Waals surface area contributed by atoms with E-state index in [9.17, 15) is 0 Å². The molecule has 98 valence electrons. The molecule has 1 saturated heterocycles. The largest absolute Gasteiger partial charge is 0.354 e. The first-order chi connectivity index (χ1) is 8.81. The predicted molar refractivity (Wildman–Crippen MR) is 73.6 cm³/mol. The lowest BCUT2D eigenvalue weighted by Crippen LogP contribution is -2.49. The minimum absolute atomic E-state index is 0.465. The minimum Gasteiger partial charge on any atom is -0.354 e. The number of nitrogens with zero attached hydrogens (tertiary/aromatic N) is 3. The van der Waals surface area contributed by atoms with Gasteiger partial charge in [-0.05, 0) is 36.9 Å². The zero-order valence-corrected chi connectivity index (χ0v) is 10.9. The molecule has 18 heavy (non-hydrogen) atoms. The number of nitrogens with two attached hydrogens (primary N) is 1. The van der Waals surface area contributed by atoms with Crippen molar-refractivity contribution in [1.82, 2.24) is 9.88 Å². The van der Waals surface area contributed by atoms with Crippen molar-refractivity contribution in [2.24, 2.45) is 11.1 Å². The highest BCUT2D eigenvalue weighted by molar-refractivity contribution is 5.38. The Morgan fingerprint density at radius 1 is 1.17 bits per heavy atom. The molecule has 0 unspecified atom stereocenters.